The summed E-state index contributed by atoms with van der Waals surface area (Å²) in [5.41, 5.74) is 2.26. The van der Waals surface area contributed by atoms with Gasteiger partial charge in [0.2, 0.25) is 0 Å². The summed E-state index contributed by atoms with van der Waals surface area (Å²) >= 11 is 6.12. The summed E-state index contributed by atoms with van der Waals surface area (Å²) in [7, 11) is 1.80. The van der Waals surface area contributed by atoms with Crippen LogP contribution in [0.3, 0.4) is 0 Å². The lowest BCUT2D eigenvalue weighted by molar-refractivity contribution is 0.205. The number of nitrogens with one attached hydrogen (secondary N) is 1. The Bertz CT molecular complexity index is 780. The van der Waals surface area contributed by atoms with Crippen molar-refractivity contribution >= 4 is 23.4 Å². The Labute approximate surface area is 151 Å². The predicted molar refractivity (Wildman–Crippen MR) is 96.3 cm³/mol. The van der Waals surface area contributed by atoms with Crippen LogP contribution in [0.2, 0.25) is 5.02 Å². The second-order valence-electron chi connectivity index (χ2n) is 6.39. The van der Waals surface area contributed by atoms with Crippen molar-refractivity contribution in [2.45, 2.75) is 45.7 Å². The molecule has 0 radical (unpaired) electrons. The smallest absolute Gasteiger partial charge is 0.317 e. The van der Waals surface area contributed by atoms with Crippen LogP contribution in [0.25, 0.3) is 0 Å². The largest absolute Gasteiger partial charge is 0.323 e. The predicted octanol–water partition coefficient (Wildman–Crippen LogP) is 4.28. The SMILES string of the molecule is CCc1nn(C)c(NC(=O)N(Cc2c(F)cccc2Cl)C2CC2)c1C. The molecule has 1 heterocycles. The van der Waals surface area contributed by atoms with Gasteiger partial charge in [0.25, 0.3) is 0 Å². The fraction of sp³-hybridized carbons (Fsp3) is 0.444. The third kappa shape index (κ3) is 3.63. The van der Waals surface area contributed by atoms with Crippen LogP contribution < -0.4 is 5.32 Å². The van der Waals surface area contributed by atoms with Crippen LogP contribution in [-0.4, -0.2) is 26.8 Å². The number of aryl methyl sites for hydroxylation is 2. The summed E-state index contributed by atoms with van der Waals surface area (Å²) in [4.78, 5) is 14.5. The third-order valence-electron chi connectivity index (χ3n) is 4.58. The second kappa shape index (κ2) is 7.04. The standard InChI is InChI=1S/C18H22ClFN4O/c1-4-16-11(2)17(23(3)22-16)21-18(25)24(12-8-9-12)10-13-14(19)6-5-7-15(13)20/h5-7,12H,4,8-10H2,1-3H3,(H,21,25). The first-order chi connectivity index (χ1) is 11.9. The lowest BCUT2D eigenvalue weighted by atomic mass is 10.2. The Hall–Kier alpha value is -2.08. The van der Waals surface area contributed by atoms with Crippen molar-refractivity contribution in [3.63, 3.8) is 0 Å². The van der Waals surface area contributed by atoms with E-state index in [1.165, 1.54) is 6.07 Å². The molecule has 0 unspecified atom stereocenters. The average Bonchev–Trinajstić information content (AvgIpc) is 3.37. The van der Waals surface area contributed by atoms with Crippen LogP contribution in [0.1, 0.15) is 36.6 Å². The summed E-state index contributed by atoms with van der Waals surface area (Å²) in [5.74, 6) is 0.281. The fourth-order valence-corrected chi connectivity index (χ4v) is 3.20. The number of aromatic nitrogens is 2. The highest BCUT2D eigenvalue weighted by Crippen LogP contribution is 2.31. The first kappa shape index (κ1) is 17.7. The first-order valence-corrected chi connectivity index (χ1v) is 8.83. The molecule has 0 saturated heterocycles. The fourth-order valence-electron chi connectivity index (χ4n) is 2.98. The summed E-state index contributed by atoms with van der Waals surface area (Å²) in [5, 5.41) is 7.69. The topological polar surface area (TPSA) is 50.2 Å². The molecule has 1 aliphatic rings. The molecule has 0 spiro atoms. The number of hydrogen-bond donors (Lipinski definition) is 1. The zero-order chi connectivity index (χ0) is 18.1. The number of halogens is 2. The van der Waals surface area contributed by atoms with Gasteiger partial charge in [0.1, 0.15) is 11.6 Å². The van der Waals surface area contributed by atoms with Crippen molar-refractivity contribution in [2.24, 2.45) is 7.05 Å². The Balaban J connectivity index is 1.82. The highest BCUT2D eigenvalue weighted by Gasteiger charge is 2.34. The van der Waals surface area contributed by atoms with Crippen LogP contribution in [-0.2, 0) is 20.0 Å². The van der Waals surface area contributed by atoms with Gasteiger partial charge in [-0.2, -0.15) is 5.10 Å². The van der Waals surface area contributed by atoms with Gasteiger partial charge >= 0.3 is 6.03 Å². The van der Waals surface area contributed by atoms with Gasteiger partial charge in [-0.3, -0.25) is 10.00 Å². The minimum atomic E-state index is -0.393. The number of amides is 2. The van der Waals surface area contributed by atoms with E-state index in [2.05, 4.69) is 10.4 Å². The maximum atomic E-state index is 14.1. The number of carbonyl (C=O) groups is 1. The van der Waals surface area contributed by atoms with Gasteiger partial charge in [0.05, 0.1) is 12.2 Å². The van der Waals surface area contributed by atoms with Gasteiger partial charge in [-0.15, -0.1) is 0 Å². The van der Waals surface area contributed by atoms with Gasteiger partial charge in [-0.05, 0) is 38.3 Å². The van der Waals surface area contributed by atoms with Gasteiger partial charge in [-0.1, -0.05) is 24.6 Å². The molecular formula is C18H22ClFN4O. The average molecular weight is 365 g/mol. The van der Waals surface area contributed by atoms with E-state index in [4.69, 9.17) is 11.6 Å². The Morgan fingerprint density at radius 2 is 2.20 bits per heavy atom. The van der Waals surface area contributed by atoms with Gasteiger partial charge in [0, 0.05) is 29.2 Å². The molecule has 2 aromatic rings. The van der Waals surface area contributed by atoms with E-state index in [9.17, 15) is 9.18 Å². The number of carbonyl (C=O) groups excluding carboxylic acids is 1. The molecule has 1 aliphatic carbocycles. The monoisotopic (exact) mass is 364 g/mol. The lowest BCUT2D eigenvalue weighted by Crippen LogP contribution is -2.37. The van der Waals surface area contributed by atoms with Crippen molar-refractivity contribution in [1.29, 1.82) is 0 Å². The van der Waals surface area contributed by atoms with Crippen molar-refractivity contribution < 1.29 is 9.18 Å². The second-order valence-corrected chi connectivity index (χ2v) is 6.79. The van der Waals surface area contributed by atoms with Crippen LogP contribution in [0.4, 0.5) is 15.0 Å². The van der Waals surface area contributed by atoms with Gasteiger partial charge < -0.3 is 4.90 Å². The molecule has 7 heteroatoms. The van der Waals surface area contributed by atoms with Gasteiger partial charge in [0.15, 0.2) is 0 Å². The molecule has 5 nitrogen and oxygen atoms in total. The molecule has 1 N–H and O–H groups in total. The van der Waals surface area contributed by atoms with E-state index >= 15 is 0 Å². The van der Waals surface area contributed by atoms with E-state index in [1.54, 1.807) is 28.8 Å². The van der Waals surface area contributed by atoms with Crippen molar-refractivity contribution in [2.75, 3.05) is 5.32 Å². The van der Waals surface area contributed by atoms with E-state index in [0.717, 1.165) is 30.5 Å². The highest BCUT2D eigenvalue weighted by molar-refractivity contribution is 6.31. The number of hydrogen-bond acceptors (Lipinski definition) is 2. The zero-order valence-electron chi connectivity index (χ0n) is 14.6. The summed E-state index contributed by atoms with van der Waals surface area (Å²) in [6, 6.07) is 4.43. The van der Waals surface area contributed by atoms with E-state index in [-0.39, 0.29) is 18.6 Å². The quantitative estimate of drug-likeness (QED) is 0.860. The molecule has 2 amide bonds. The summed E-state index contributed by atoms with van der Waals surface area (Å²) < 4.78 is 15.8. The normalized spacial score (nSPS) is 13.8. The number of benzene rings is 1. The maximum Gasteiger partial charge on any atom is 0.323 e. The minimum absolute atomic E-state index is 0.120. The zero-order valence-corrected chi connectivity index (χ0v) is 15.4. The maximum absolute atomic E-state index is 14.1. The molecular weight excluding hydrogens is 343 g/mol. The number of rotatable bonds is 5. The molecule has 25 heavy (non-hydrogen) atoms. The third-order valence-corrected chi connectivity index (χ3v) is 4.94. The van der Waals surface area contributed by atoms with Crippen LogP contribution >= 0.6 is 11.6 Å². The summed E-state index contributed by atoms with van der Waals surface area (Å²) in [6.45, 7) is 4.12. The minimum Gasteiger partial charge on any atom is -0.317 e. The Morgan fingerprint density at radius 3 is 2.76 bits per heavy atom. The molecule has 134 valence electrons. The molecule has 3 rings (SSSR count). The number of urea groups is 1. The van der Waals surface area contributed by atoms with Crippen molar-refractivity contribution in [3.8, 4) is 0 Å². The molecule has 1 aromatic carbocycles. The molecule has 0 aliphatic heterocycles. The van der Waals surface area contributed by atoms with Crippen LogP contribution in [0.5, 0.6) is 0 Å². The molecule has 1 saturated carbocycles. The van der Waals surface area contributed by atoms with E-state index in [1.807, 2.05) is 13.8 Å². The lowest BCUT2D eigenvalue weighted by Gasteiger charge is -2.24. The van der Waals surface area contributed by atoms with E-state index in [0.29, 0.717) is 16.4 Å². The molecule has 0 bridgehead atoms. The van der Waals surface area contributed by atoms with Crippen LogP contribution in [0, 0.1) is 12.7 Å². The number of nitrogens with zero attached hydrogens (tertiary/aromatic N) is 3. The van der Waals surface area contributed by atoms with Crippen molar-refractivity contribution in [3.05, 3.63) is 45.9 Å². The van der Waals surface area contributed by atoms with E-state index < -0.39 is 5.82 Å². The molecule has 1 fully saturated rings. The highest BCUT2D eigenvalue weighted by atomic mass is 35.5. The Morgan fingerprint density at radius 1 is 1.48 bits per heavy atom. The van der Waals surface area contributed by atoms with Crippen molar-refractivity contribution in [1.82, 2.24) is 14.7 Å². The molecule has 0 atom stereocenters. The van der Waals surface area contributed by atoms with Crippen LogP contribution in [0.15, 0.2) is 18.2 Å². The van der Waals surface area contributed by atoms with Gasteiger partial charge in [-0.25, -0.2) is 9.18 Å². The first-order valence-electron chi connectivity index (χ1n) is 8.45. The molecule has 1 aromatic heterocycles. The summed E-state index contributed by atoms with van der Waals surface area (Å²) in [6.07, 6.45) is 2.64. The number of anilines is 1. The Kier molecular flexibility index (Phi) is 4.99.